The summed E-state index contributed by atoms with van der Waals surface area (Å²) in [5, 5.41) is 28.7. The molecule has 9 nitrogen and oxygen atoms in total. The van der Waals surface area contributed by atoms with E-state index in [1.165, 1.54) is 13.2 Å². The summed E-state index contributed by atoms with van der Waals surface area (Å²) in [6.07, 6.45) is 2.96. The zero-order valence-corrected chi connectivity index (χ0v) is 18.2. The standard InChI is InChI=1S/C22H20ClN7O2/c1-22(11-31)10-28-18-13(8-24)5-12(6-15(18)22)16-3-4-26-21(29-16)30-17-7-14(23)9-27-19(17)20(32)25-2/h3-7,9,28,31H,10-11H2,1-2H3,(H,25,32)(H,26,29,30). The number of benzene rings is 1. The van der Waals surface area contributed by atoms with E-state index >= 15 is 0 Å². The fraction of sp³-hybridized carbons (Fsp3) is 0.227. The number of nitrogens with zero attached hydrogens (tertiary/aromatic N) is 4. The van der Waals surface area contributed by atoms with Crippen molar-refractivity contribution in [1.29, 1.82) is 5.26 Å². The molecule has 0 spiro atoms. The van der Waals surface area contributed by atoms with Gasteiger partial charge in [-0.1, -0.05) is 18.5 Å². The van der Waals surface area contributed by atoms with E-state index in [4.69, 9.17) is 11.6 Å². The normalized spacial score (nSPS) is 16.6. The lowest BCUT2D eigenvalue weighted by Gasteiger charge is -2.21. The lowest BCUT2D eigenvalue weighted by Crippen LogP contribution is -2.28. The minimum Gasteiger partial charge on any atom is -0.395 e. The van der Waals surface area contributed by atoms with Crippen molar-refractivity contribution in [3.63, 3.8) is 0 Å². The summed E-state index contributed by atoms with van der Waals surface area (Å²) in [5.74, 6) is -0.146. The molecular weight excluding hydrogens is 430 g/mol. The molecule has 1 amide bonds. The van der Waals surface area contributed by atoms with E-state index in [1.807, 2.05) is 13.0 Å². The Hall–Kier alpha value is -3.74. The molecule has 10 heteroatoms. The van der Waals surface area contributed by atoms with Crippen molar-refractivity contribution in [2.24, 2.45) is 0 Å². The minimum absolute atomic E-state index is 0.0536. The van der Waals surface area contributed by atoms with Gasteiger partial charge in [0.25, 0.3) is 5.91 Å². The molecule has 32 heavy (non-hydrogen) atoms. The maximum Gasteiger partial charge on any atom is 0.271 e. The first-order valence-corrected chi connectivity index (χ1v) is 10.2. The van der Waals surface area contributed by atoms with Gasteiger partial charge in [0.1, 0.15) is 6.07 Å². The van der Waals surface area contributed by atoms with Crippen LogP contribution in [0.1, 0.15) is 28.5 Å². The first-order valence-electron chi connectivity index (χ1n) is 9.80. The van der Waals surface area contributed by atoms with Crippen LogP contribution in [0.25, 0.3) is 11.3 Å². The zero-order chi connectivity index (χ0) is 22.9. The number of carbonyl (C=O) groups is 1. The molecule has 1 aromatic carbocycles. The summed E-state index contributed by atoms with van der Waals surface area (Å²) in [5.41, 5.74) is 3.38. The molecule has 162 valence electrons. The van der Waals surface area contributed by atoms with Gasteiger partial charge in [-0.15, -0.1) is 0 Å². The van der Waals surface area contributed by atoms with Crippen LogP contribution in [0.2, 0.25) is 5.02 Å². The second-order valence-electron chi connectivity index (χ2n) is 7.65. The highest BCUT2D eigenvalue weighted by Gasteiger charge is 2.36. The number of hydrogen-bond donors (Lipinski definition) is 4. The first-order chi connectivity index (χ1) is 15.4. The molecule has 0 aliphatic carbocycles. The molecule has 2 aromatic heterocycles. The minimum atomic E-state index is -0.500. The molecular formula is C22H20ClN7O2. The third kappa shape index (κ3) is 3.82. The molecule has 0 radical (unpaired) electrons. The molecule has 3 heterocycles. The maximum absolute atomic E-state index is 12.1. The van der Waals surface area contributed by atoms with Crippen molar-refractivity contribution in [2.45, 2.75) is 12.3 Å². The number of aliphatic hydroxyl groups excluding tert-OH is 1. The molecule has 1 unspecified atom stereocenters. The Labute approximate surface area is 189 Å². The fourth-order valence-corrected chi connectivity index (χ4v) is 3.76. The lowest BCUT2D eigenvalue weighted by atomic mass is 9.83. The van der Waals surface area contributed by atoms with Crippen LogP contribution in [-0.2, 0) is 5.41 Å². The van der Waals surface area contributed by atoms with Crippen LogP contribution in [0.4, 0.5) is 17.3 Å². The number of nitrogens with one attached hydrogen (secondary N) is 3. The topological polar surface area (TPSA) is 136 Å². The average molecular weight is 450 g/mol. The van der Waals surface area contributed by atoms with Crippen LogP contribution in [-0.4, -0.2) is 46.2 Å². The first kappa shape index (κ1) is 21.5. The molecule has 0 saturated heterocycles. The number of anilines is 3. The van der Waals surface area contributed by atoms with Crippen LogP contribution in [0.15, 0.2) is 36.7 Å². The SMILES string of the molecule is CNC(=O)c1ncc(Cl)cc1Nc1nccc(-c2cc(C#N)c3c(c2)C(C)(CO)CN3)n1. The highest BCUT2D eigenvalue weighted by Crippen LogP contribution is 2.41. The second-order valence-corrected chi connectivity index (χ2v) is 8.09. The van der Waals surface area contributed by atoms with Crippen molar-refractivity contribution in [3.05, 3.63) is 58.5 Å². The number of halogens is 1. The van der Waals surface area contributed by atoms with Gasteiger partial charge >= 0.3 is 0 Å². The Kier molecular flexibility index (Phi) is 5.65. The van der Waals surface area contributed by atoms with E-state index in [9.17, 15) is 15.2 Å². The molecule has 0 saturated carbocycles. The van der Waals surface area contributed by atoms with Crippen LogP contribution in [0.5, 0.6) is 0 Å². The molecule has 0 bridgehead atoms. The summed E-state index contributed by atoms with van der Waals surface area (Å²) in [6, 6.07) is 9.18. The molecule has 3 aromatic rings. The van der Waals surface area contributed by atoms with Crippen molar-refractivity contribution < 1.29 is 9.90 Å². The van der Waals surface area contributed by atoms with Gasteiger partial charge in [-0.3, -0.25) is 4.79 Å². The van der Waals surface area contributed by atoms with Gasteiger partial charge in [0.15, 0.2) is 5.69 Å². The van der Waals surface area contributed by atoms with Gasteiger partial charge < -0.3 is 21.1 Å². The third-order valence-corrected chi connectivity index (χ3v) is 5.61. The Balaban J connectivity index is 1.75. The number of carbonyl (C=O) groups excluding carboxylic acids is 1. The van der Waals surface area contributed by atoms with Gasteiger partial charge in [-0.25, -0.2) is 15.0 Å². The zero-order valence-electron chi connectivity index (χ0n) is 17.4. The summed E-state index contributed by atoms with van der Waals surface area (Å²) < 4.78 is 0. The van der Waals surface area contributed by atoms with E-state index < -0.39 is 5.41 Å². The Morgan fingerprint density at radius 1 is 1.38 bits per heavy atom. The highest BCUT2D eigenvalue weighted by molar-refractivity contribution is 6.30. The number of aliphatic hydroxyl groups is 1. The summed E-state index contributed by atoms with van der Waals surface area (Å²) in [7, 11) is 1.51. The summed E-state index contributed by atoms with van der Waals surface area (Å²) in [6.45, 7) is 2.43. The number of rotatable bonds is 5. The largest absolute Gasteiger partial charge is 0.395 e. The van der Waals surface area contributed by atoms with Gasteiger partial charge in [-0.05, 0) is 29.8 Å². The van der Waals surface area contributed by atoms with E-state index in [0.717, 1.165) is 11.3 Å². The summed E-state index contributed by atoms with van der Waals surface area (Å²) >= 11 is 6.05. The van der Waals surface area contributed by atoms with Crippen LogP contribution in [0, 0.1) is 11.3 Å². The quantitative estimate of drug-likeness (QED) is 0.466. The van der Waals surface area contributed by atoms with E-state index in [1.54, 1.807) is 24.4 Å². The van der Waals surface area contributed by atoms with Crippen molar-refractivity contribution in [2.75, 3.05) is 30.8 Å². The van der Waals surface area contributed by atoms with Gasteiger partial charge in [0.05, 0.1) is 34.3 Å². The molecule has 1 aliphatic rings. The predicted molar refractivity (Wildman–Crippen MR) is 121 cm³/mol. The van der Waals surface area contributed by atoms with Gasteiger partial charge in [0, 0.05) is 37.0 Å². The predicted octanol–water partition coefficient (Wildman–Crippen LogP) is 2.84. The monoisotopic (exact) mass is 449 g/mol. The molecule has 1 atom stereocenters. The Morgan fingerprint density at radius 2 is 2.19 bits per heavy atom. The van der Waals surface area contributed by atoms with Crippen LogP contribution < -0.4 is 16.0 Å². The molecule has 0 fully saturated rings. The Morgan fingerprint density at radius 3 is 2.91 bits per heavy atom. The molecule has 4 rings (SSSR count). The van der Waals surface area contributed by atoms with Gasteiger partial charge in [0.2, 0.25) is 5.95 Å². The number of hydrogen-bond acceptors (Lipinski definition) is 8. The van der Waals surface area contributed by atoms with E-state index in [-0.39, 0.29) is 24.2 Å². The molecule has 4 N–H and O–H groups in total. The summed E-state index contributed by atoms with van der Waals surface area (Å²) in [4.78, 5) is 25.0. The number of amides is 1. The van der Waals surface area contributed by atoms with Crippen molar-refractivity contribution in [3.8, 4) is 17.3 Å². The fourth-order valence-electron chi connectivity index (χ4n) is 3.60. The third-order valence-electron chi connectivity index (χ3n) is 5.41. The smallest absolute Gasteiger partial charge is 0.271 e. The lowest BCUT2D eigenvalue weighted by molar-refractivity contribution is 0.0959. The van der Waals surface area contributed by atoms with E-state index in [2.05, 4.69) is 37.0 Å². The second kappa shape index (κ2) is 8.42. The number of fused-ring (bicyclic) bond motifs is 1. The molecule has 1 aliphatic heterocycles. The average Bonchev–Trinajstić information content (AvgIpc) is 3.15. The number of pyridine rings is 1. The highest BCUT2D eigenvalue weighted by atomic mass is 35.5. The van der Waals surface area contributed by atoms with Crippen LogP contribution >= 0.6 is 11.6 Å². The van der Waals surface area contributed by atoms with Crippen molar-refractivity contribution >= 4 is 34.8 Å². The van der Waals surface area contributed by atoms with Crippen molar-refractivity contribution in [1.82, 2.24) is 20.3 Å². The van der Waals surface area contributed by atoms with Gasteiger partial charge in [-0.2, -0.15) is 5.26 Å². The van der Waals surface area contributed by atoms with Crippen LogP contribution in [0.3, 0.4) is 0 Å². The number of aromatic nitrogens is 3. The van der Waals surface area contributed by atoms with E-state index in [0.29, 0.717) is 34.1 Å². The Bertz CT molecular complexity index is 1260. The number of nitriles is 1. The maximum atomic E-state index is 12.1.